The molecule has 0 aliphatic rings. The van der Waals surface area contributed by atoms with Gasteiger partial charge in [-0.3, -0.25) is 0 Å². The Morgan fingerprint density at radius 2 is 1.18 bits per heavy atom. The molecule has 0 atom stereocenters. The van der Waals surface area contributed by atoms with Crippen LogP contribution in [0.3, 0.4) is 0 Å². The Labute approximate surface area is 132 Å². The van der Waals surface area contributed by atoms with E-state index in [0.717, 1.165) is 11.3 Å². The summed E-state index contributed by atoms with van der Waals surface area (Å²) in [5, 5.41) is 0. The van der Waals surface area contributed by atoms with Gasteiger partial charge < -0.3 is 4.74 Å². The van der Waals surface area contributed by atoms with Gasteiger partial charge in [-0.25, -0.2) is 0 Å². The molecule has 0 unspecified atom stereocenters. The molecule has 0 N–H and O–H groups in total. The van der Waals surface area contributed by atoms with Crippen LogP contribution in [0.4, 0.5) is 0 Å². The van der Waals surface area contributed by atoms with E-state index in [0.29, 0.717) is 0 Å². The molecule has 3 aromatic carbocycles. The summed E-state index contributed by atoms with van der Waals surface area (Å²) in [5.41, 5.74) is 7.32. The number of aryl methyl sites for hydroxylation is 2. The van der Waals surface area contributed by atoms with Crippen molar-refractivity contribution in [1.82, 2.24) is 0 Å². The van der Waals surface area contributed by atoms with Gasteiger partial charge in [0.15, 0.2) is 0 Å². The highest BCUT2D eigenvalue weighted by Gasteiger charge is 2.08. The molecule has 3 aromatic rings. The summed E-state index contributed by atoms with van der Waals surface area (Å²) in [6.07, 6.45) is 0. The van der Waals surface area contributed by atoms with Gasteiger partial charge in [0.25, 0.3) is 0 Å². The summed E-state index contributed by atoms with van der Waals surface area (Å²) in [6.45, 7) is 4.25. The van der Waals surface area contributed by atoms with Gasteiger partial charge in [-0.1, -0.05) is 54.6 Å². The molecule has 0 saturated heterocycles. The molecule has 0 saturated carbocycles. The second-order valence-corrected chi connectivity index (χ2v) is 5.58. The van der Waals surface area contributed by atoms with Crippen LogP contribution in [-0.4, -0.2) is 7.11 Å². The first-order valence-corrected chi connectivity index (χ1v) is 7.50. The maximum Gasteiger partial charge on any atom is 0.126 e. The fraction of sp³-hybridized carbons (Fsp3) is 0.143. The number of hydrogen-bond donors (Lipinski definition) is 0. The molecule has 0 aliphatic heterocycles. The summed E-state index contributed by atoms with van der Waals surface area (Å²) in [6, 6.07) is 23.4. The minimum absolute atomic E-state index is 0.926. The van der Waals surface area contributed by atoms with Crippen LogP contribution in [0.1, 0.15) is 11.1 Å². The van der Waals surface area contributed by atoms with Gasteiger partial charge in [-0.05, 0) is 53.8 Å². The van der Waals surface area contributed by atoms with Gasteiger partial charge in [-0.2, -0.15) is 0 Å². The van der Waals surface area contributed by atoms with Gasteiger partial charge in [0.1, 0.15) is 5.75 Å². The summed E-state index contributed by atoms with van der Waals surface area (Å²) in [5.74, 6) is 0.926. The molecular weight excluding hydrogens is 268 g/mol. The van der Waals surface area contributed by atoms with E-state index in [-0.39, 0.29) is 0 Å². The summed E-state index contributed by atoms with van der Waals surface area (Å²) < 4.78 is 5.55. The number of methoxy groups -OCH3 is 1. The number of rotatable bonds is 3. The van der Waals surface area contributed by atoms with Crippen LogP contribution in [-0.2, 0) is 0 Å². The first-order chi connectivity index (χ1) is 10.7. The van der Waals surface area contributed by atoms with Crippen molar-refractivity contribution in [3.63, 3.8) is 0 Å². The van der Waals surface area contributed by atoms with Crippen LogP contribution < -0.4 is 4.74 Å². The Hall–Kier alpha value is -2.54. The average molecular weight is 288 g/mol. The number of hydrogen-bond acceptors (Lipinski definition) is 1. The topological polar surface area (TPSA) is 9.23 Å². The summed E-state index contributed by atoms with van der Waals surface area (Å²) >= 11 is 0. The third kappa shape index (κ3) is 2.75. The standard InChI is InChI=1S/C21H20O/c1-15-13-20(21(22-3)14-16(15)2)19-11-9-18(10-12-19)17-7-5-4-6-8-17/h4-14H,1-3H3. The molecule has 0 spiro atoms. The first kappa shape index (κ1) is 14.4. The van der Waals surface area contributed by atoms with E-state index in [4.69, 9.17) is 4.74 Å². The quantitative estimate of drug-likeness (QED) is 0.605. The van der Waals surface area contributed by atoms with Crippen molar-refractivity contribution in [3.05, 3.63) is 77.9 Å². The van der Waals surface area contributed by atoms with E-state index >= 15 is 0 Å². The molecule has 0 amide bonds. The van der Waals surface area contributed by atoms with Crippen LogP contribution in [0, 0.1) is 13.8 Å². The molecule has 1 heteroatoms. The third-order valence-electron chi connectivity index (χ3n) is 4.12. The Morgan fingerprint density at radius 1 is 0.636 bits per heavy atom. The zero-order valence-corrected chi connectivity index (χ0v) is 13.3. The summed E-state index contributed by atoms with van der Waals surface area (Å²) in [4.78, 5) is 0. The van der Waals surface area contributed by atoms with E-state index in [1.165, 1.54) is 27.8 Å². The van der Waals surface area contributed by atoms with Gasteiger partial charge >= 0.3 is 0 Å². The SMILES string of the molecule is COc1cc(C)c(C)cc1-c1ccc(-c2ccccc2)cc1. The fourth-order valence-electron chi connectivity index (χ4n) is 2.66. The van der Waals surface area contributed by atoms with Crippen LogP contribution in [0.25, 0.3) is 22.3 Å². The smallest absolute Gasteiger partial charge is 0.126 e. The normalized spacial score (nSPS) is 10.5. The van der Waals surface area contributed by atoms with Gasteiger partial charge in [0.2, 0.25) is 0 Å². The molecule has 0 aliphatic carbocycles. The van der Waals surface area contributed by atoms with Gasteiger partial charge in [0, 0.05) is 5.56 Å². The van der Waals surface area contributed by atoms with Crippen molar-refractivity contribution in [2.24, 2.45) is 0 Å². The summed E-state index contributed by atoms with van der Waals surface area (Å²) in [7, 11) is 1.73. The van der Waals surface area contributed by atoms with E-state index in [2.05, 4.69) is 74.5 Å². The van der Waals surface area contributed by atoms with Crippen molar-refractivity contribution >= 4 is 0 Å². The van der Waals surface area contributed by atoms with E-state index in [9.17, 15) is 0 Å². The Bertz CT molecular complexity index is 771. The monoisotopic (exact) mass is 288 g/mol. The molecule has 1 nitrogen and oxygen atoms in total. The van der Waals surface area contributed by atoms with E-state index in [1.54, 1.807) is 7.11 Å². The zero-order valence-electron chi connectivity index (χ0n) is 13.3. The van der Waals surface area contributed by atoms with E-state index in [1.807, 2.05) is 6.07 Å². The molecule has 0 heterocycles. The predicted molar refractivity (Wildman–Crippen MR) is 93.3 cm³/mol. The highest BCUT2D eigenvalue weighted by atomic mass is 16.5. The maximum atomic E-state index is 5.55. The van der Waals surface area contributed by atoms with E-state index < -0.39 is 0 Å². The molecule has 0 bridgehead atoms. The highest BCUT2D eigenvalue weighted by molar-refractivity contribution is 5.75. The maximum absolute atomic E-state index is 5.55. The van der Waals surface area contributed by atoms with Crippen LogP contribution >= 0.6 is 0 Å². The Balaban J connectivity index is 2.02. The van der Waals surface area contributed by atoms with Crippen LogP contribution in [0.2, 0.25) is 0 Å². The van der Waals surface area contributed by atoms with Gasteiger partial charge in [-0.15, -0.1) is 0 Å². The lowest BCUT2D eigenvalue weighted by Gasteiger charge is -2.12. The lowest BCUT2D eigenvalue weighted by molar-refractivity contribution is 0.416. The lowest BCUT2D eigenvalue weighted by atomic mass is 9.97. The van der Waals surface area contributed by atoms with Crippen molar-refractivity contribution in [2.75, 3.05) is 7.11 Å². The minimum atomic E-state index is 0.926. The van der Waals surface area contributed by atoms with Crippen molar-refractivity contribution in [1.29, 1.82) is 0 Å². The average Bonchev–Trinajstić information content (AvgIpc) is 2.58. The third-order valence-corrected chi connectivity index (χ3v) is 4.12. The largest absolute Gasteiger partial charge is 0.496 e. The van der Waals surface area contributed by atoms with Crippen molar-refractivity contribution in [2.45, 2.75) is 13.8 Å². The number of benzene rings is 3. The first-order valence-electron chi connectivity index (χ1n) is 7.50. The Kier molecular flexibility index (Phi) is 3.97. The highest BCUT2D eigenvalue weighted by Crippen LogP contribution is 2.33. The molecular formula is C21H20O. The van der Waals surface area contributed by atoms with Crippen LogP contribution in [0.5, 0.6) is 5.75 Å². The van der Waals surface area contributed by atoms with Gasteiger partial charge in [0.05, 0.1) is 7.11 Å². The predicted octanol–water partition coefficient (Wildman–Crippen LogP) is 5.65. The van der Waals surface area contributed by atoms with Crippen molar-refractivity contribution in [3.8, 4) is 28.0 Å². The molecule has 22 heavy (non-hydrogen) atoms. The second-order valence-electron chi connectivity index (χ2n) is 5.58. The van der Waals surface area contributed by atoms with Crippen molar-refractivity contribution < 1.29 is 4.74 Å². The molecule has 0 fully saturated rings. The molecule has 0 aromatic heterocycles. The lowest BCUT2D eigenvalue weighted by Crippen LogP contribution is -1.91. The minimum Gasteiger partial charge on any atom is -0.496 e. The molecule has 0 radical (unpaired) electrons. The number of ether oxygens (including phenoxy) is 1. The molecule has 3 rings (SSSR count). The second kappa shape index (κ2) is 6.07. The zero-order chi connectivity index (χ0) is 15.5. The fourth-order valence-corrected chi connectivity index (χ4v) is 2.66. The Morgan fingerprint density at radius 3 is 1.82 bits per heavy atom. The van der Waals surface area contributed by atoms with Crippen LogP contribution in [0.15, 0.2) is 66.7 Å². The molecule has 110 valence electrons.